The van der Waals surface area contributed by atoms with Crippen LogP contribution in [0.2, 0.25) is 5.02 Å². The maximum absolute atomic E-state index is 12.5. The number of rotatable bonds is 6. The average Bonchev–Trinajstić information content (AvgIpc) is 2.70. The van der Waals surface area contributed by atoms with Crippen LogP contribution < -0.4 is 10.2 Å². The zero-order chi connectivity index (χ0) is 21.0. The minimum Gasteiger partial charge on any atom is -0.369 e. The minimum absolute atomic E-state index is 0.0292. The SMILES string of the molecule is CN(C)S(=O)(=O)c1cc(NC(=O)CN2CCN(c3ccccc3)CC2)ccc1Cl. The van der Waals surface area contributed by atoms with E-state index in [1.54, 1.807) is 6.07 Å². The number of halogens is 1. The number of carbonyl (C=O) groups is 1. The molecule has 29 heavy (non-hydrogen) atoms. The standard InChI is InChI=1S/C20H25ClN4O3S/c1-23(2)29(27,28)19-14-16(8-9-18(19)21)22-20(26)15-24-10-12-25(13-11-24)17-6-4-3-5-7-17/h3-9,14H,10-13,15H2,1-2H3,(H,22,26). The topological polar surface area (TPSA) is 73.0 Å². The third kappa shape index (κ3) is 5.27. The van der Waals surface area contributed by atoms with Crippen molar-refractivity contribution in [2.24, 2.45) is 0 Å². The van der Waals surface area contributed by atoms with Gasteiger partial charge in [0.2, 0.25) is 15.9 Å². The normalized spacial score (nSPS) is 15.5. The lowest BCUT2D eigenvalue weighted by Crippen LogP contribution is -2.48. The predicted molar refractivity (Wildman–Crippen MR) is 116 cm³/mol. The number of benzene rings is 2. The lowest BCUT2D eigenvalue weighted by Gasteiger charge is -2.35. The number of para-hydroxylation sites is 1. The van der Waals surface area contributed by atoms with Gasteiger partial charge in [0.1, 0.15) is 4.90 Å². The first-order valence-corrected chi connectivity index (χ1v) is 11.1. The van der Waals surface area contributed by atoms with Gasteiger partial charge in [0.05, 0.1) is 11.6 Å². The van der Waals surface area contributed by atoms with Crippen LogP contribution in [0.5, 0.6) is 0 Å². The quantitative estimate of drug-likeness (QED) is 0.752. The van der Waals surface area contributed by atoms with Gasteiger partial charge in [-0.25, -0.2) is 12.7 Å². The Morgan fingerprint density at radius 2 is 1.72 bits per heavy atom. The molecule has 1 aliphatic heterocycles. The summed E-state index contributed by atoms with van der Waals surface area (Å²) in [7, 11) is -0.818. The monoisotopic (exact) mass is 436 g/mol. The molecule has 1 fully saturated rings. The second-order valence-electron chi connectivity index (χ2n) is 7.08. The summed E-state index contributed by atoms with van der Waals surface area (Å²) in [6.07, 6.45) is 0. The number of nitrogens with one attached hydrogen (secondary N) is 1. The first-order chi connectivity index (χ1) is 13.8. The largest absolute Gasteiger partial charge is 0.369 e. The molecule has 1 amide bonds. The molecule has 0 aromatic heterocycles. The smallest absolute Gasteiger partial charge is 0.244 e. The maximum atomic E-state index is 12.5. The van der Waals surface area contributed by atoms with Crippen LogP contribution >= 0.6 is 11.6 Å². The molecule has 0 bridgehead atoms. The molecule has 0 saturated carbocycles. The number of carbonyl (C=O) groups excluding carboxylic acids is 1. The molecule has 1 heterocycles. The molecule has 3 rings (SSSR count). The molecule has 7 nitrogen and oxygen atoms in total. The summed E-state index contributed by atoms with van der Waals surface area (Å²) in [4.78, 5) is 16.8. The number of sulfonamides is 1. The van der Waals surface area contributed by atoms with Crippen LogP contribution in [-0.4, -0.2) is 70.3 Å². The fourth-order valence-electron chi connectivity index (χ4n) is 3.18. The molecular weight excluding hydrogens is 412 g/mol. The van der Waals surface area contributed by atoms with E-state index in [9.17, 15) is 13.2 Å². The highest BCUT2D eigenvalue weighted by Gasteiger charge is 2.22. The van der Waals surface area contributed by atoms with Crippen LogP contribution in [0.4, 0.5) is 11.4 Å². The Hall–Kier alpha value is -2.13. The summed E-state index contributed by atoms with van der Waals surface area (Å²) in [5, 5.41) is 2.89. The molecule has 2 aromatic carbocycles. The summed E-state index contributed by atoms with van der Waals surface area (Å²) in [5.41, 5.74) is 1.59. The van der Waals surface area contributed by atoms with Gasteiger partial charge in [0.15, 0.2) is 0 Å². The van der Waals surface area contributed by atoms with Crippen LogP contribution in [-0.2, 0) is 14.8 Å². The summed E-state index contributed by atoms with van der Waals surface area (Å²) < 4.78 is 25.8. The predicted octanol–water partition coefficient (Wildman–Crippen LogP) is 2.35. The molecule has 0 aliphatic carbocycles. The van der Waals surface area contributed by atoms with Gasteiger partial charge in [-0.15, -0.1) is 0 Å². The summed E-state index contributed by atoms with van der Waals surface area (Å²) in [5.74, 6) is -0.186. The van der Waals surface area contributed by atoms with Crippen LogP contribution in [0, 0.1) is 0 Å². The van der Waals surface area contributed by atoms with Crippen LogP contribution in [0.15, 0.2) is 53.4 Å². The van der Waals surface area contributed by atoms with Gasteiger partial charge in [-0.1, -0.05) is 29.8 Å². The first-order valence-electron chi connectivity index (χ1n) is 9.31. The van der Waals surface area contributed by atoms with E-state index >= 15 is 0 Å². The van der Waals surface area contributed by atoms with E-state index < -0.39 is 10.0 Å². The number of anilines is 2. The van der Waals surface area contributed by atoms with Crippen molar-refractivity contribution in [1.29, 1.82) is 0 Å². The van der Waals surface area contributed by atoms with Crippen molar-refractivity contribution in [1.82, 2.24) is 9.21 Å². The van der Waals surface area contributed by atoms with E-state index in [4.69, 9.17) is 11.6 Å². The van der Waals surface area contributed by atoms with E-state index in [-0.39, 0.29) is 22.4 Å². The van der Waals surface area contributed by atoms with Crippen molar-refractivity contribution in [2.45, 2.75) is 4.90 Å². The number of amides is 1. The molecule has 9 heteroatoms. The van der Waals surface area contributed by atoms with E-state index in [0.29, 0.717) is 5.69 Å². The third-order valence-electron chi connectivity index (χ3n) is 4.83. The molecule has 1 saturated heterocycles. The van der Waals surface area contributed by atoms with Crippen molar-refractivity contribution in [3.8, 4) is 0 Å². The van der Waals surface area contributed by atoms with Gasteiger partial charge in [0, 0.05) is 51.6 Å². The average molecular weight is 437 g/mol. The second-order valence-corrected chi connectivity index (χ2v) is 9.61. The van der Waals surface area contributed by atoms with Crippen molar-refractivity contribution >= 4 is 38.9 Å². The Labute approximate surface area is 176 Å². The number of nitrogens with zero attached hydrogens (tertiary/aromatic N) is 3. The van der Waals surface area contributed by atoms with Gasteiger partial charge < -0.3 is 10.2 Å². The zero-order valence-electron chi connectivity index (χ0n) is 16.5. The molecular formula is C20H25ClN4O3S. The van der Waals surface area contributed by atoms with E-state index in [0.717, 1.165) is 30.5 Å². The van der Waals surface area contributed by atoms with Crippen molar-refractivity contribution in [2.75, 3.05) is 57.0 Å². The lowest BCUT2D eigenvalue weighted by atomic mass is 10.2. The number of piperazine rings is 1. The Balaban J connectivity index is 1.58. The number of hydrogen-bond donors (Lipinski definition) is 1. The van der Waals surface area contributed by atoms with E-state index in [1.165, 1.54) is 31.9 Å². The fourth-order valence-corrected chi connectivity index (χ4v) is 4.58. The Morgan fingerprint density at radius 3 is 2.34 bits per heavy atom. The molecule has 156 valence electrons. The van der Waals surface area contributed by atoms with Crippen molar-refractivity contribution in [3.63, 3.8) is 0 Å². The highest BCUT2D eigenvalue weighted by Crippen LogP contribution is 2.27. The zero-order valence-corrected chi connectivity index (χ0v) is 18.1. The van der Waals surface area contributed by atoms with Gasteiger partial charge in [-0.05, 0) is 30.3 Å². The molecule has 0 spiro atoms. The van der Waals surface area contributed by atoms with Crippen LogP contribution in [0.1, 0.15) is 0 Å². The Kier molecular flexibility index (Phi) is 6.79. The van der Waals surface area contributed by atoms with Gasteiger partial charge in [-0.3, -0.25) is 9.69 Å². The van der Waals surface area contributed by atoms with Crippen molar-refractivity contribution < 1.29 is 13.2 Å². The van der Waals surface area contributed by atoms with Gasteiger partial charge in [0.25, 0.3) is 0 Å². The van der Waals surface area contributed by atoms with Crippen molar-refractivity contribution in [3.05, 3.63) is 53.6 Å². The van der Waals surface area contributed by atoms with Gasteiger partial charge in [-0.2, -0.15) is 0 Å². The van der Waals surface area contributed by atoms with E-state index in [1.807, 2.05) is 18.2 Å². The Bertz CT molecular complexity index is 959. The van der Waals surface area contributed by atoms with Gasteiger partial charge >= 0.3 is 0 Å². The highest BCUT2D eigenvalue weighted by molar-refractivity contribution is 7.89. The highest BCUT2D eigenvalue weighted by atomic mass is 35.5. The lowest BCUT2D eigenvalue weighted by molar-refractivity contribution is -0.117. The Morgan fingerprint density at radius 1 is 1.07 bits per heavy atom. The summed E-state index contributed by atoms with van der Waals surface area (Å²) >= 11 is 6.05. The number of hydrogen-bond acceptors (Lipinski definition) is 5. The minimum atomic E-state index is -3.69. The summed E-state index contributed by atoms with van der Waals surface area (Å²) in [6, 6.07) is 14.7. The maximum Gasteiger partial charge on any atom is 0.244 e. The van der Waals surface area contributed by atoms with Crippen LogP contribution in [0.3, 0.4) is 0 Å². The second kappa shape index (κ2) is 9.13. The molecule has 1 N–H and O–H groups in total. The first kappa shape index (κ1) is 21.6. The van der Waals surface area contributed by atoms with E-state index in [2.05, 4.69) is 27.2 Å². The molecule has 0 atom stereocenters. The fraction of sp³-hybridized carbons (Fsp3) is 0.350. The summed E-state index contributed by atoms with van der Waals surface area (Å²) in [6.45, 7) is 3.51. The third-order valence-corrected chi connectivity index (χ3v) is 7.13. The molecule has 1 aliphatic rings. The van der Waals surface area contributed by atoms with Crippen LogP contribution in [0.25, 0.3) is 0 Å². The molecule has 2 aromatic rings. The molecule has 0 unspecified atom stereocenters. The molecule has 0 radical (unpaired) electrons.